The van der Waals surface area contributed by atoms with Gasteiger partial charge in [-0.05, 0) is 24.3 Å². The van der Waals surface area contributed by atoms with Crippen molar-refractivity contribution in [3.8, 4) is 0 Å². The topological polar surface area (TPSA) is 3.24 Å². The molecule has 0 saturated carbocycles. The summed E-state index contributed by atoms with van der Waals surface area (Å²) in [6.07, 6.45) is 5.18. The maximum Gasteiger partial charge on any atom is 0.0237 e. The van der Waals surface area contributed by atoms with Gasteiger partial charge in [0.2, 0.25) is 0 Å². The van der Waals surface area contributed by atoms with Crippen LogP contribution in [-0.4, -0.2) is 29.5 Å². The smallest absolute Gasteiger partial charge is 0.0237 e. The standard InChI is InChI=1S/C16H23NS/c1-3-11-17(12-8-14-18-13-4-2)15-16-9-6-5-7-10-16/h3-7,9-10H,1-2,8,11-15H2. The molecular weight excluding hydrogens is 238 g/mol. The van der Waals surface area contributed by atoms with Crippen molar-refractivity contribution in [3.63, 3.8) is 0 Å². The molecule has 1 aromatic rings. The van der Waals surface area contributed by atoms with E-state index in [1.165, 1.54) is 17.7 Å². The molecule has 0 aromatic heterocycles. The Morgan fingerprint density at radius 1 is 1.11 bits per heavy atom. The first kappa shape index (κ1) is 15.1. The molecule has 98 valence electrons. The van der Waals surface area contributed by atoms with Crippen molar-refractivity contribution in [2.24, 2.45) is 0 Å². The highest BCUT2D eigenvalue weighted by Gasteiger charge is 2.03. The molecule has 1 aromatic carbocycles. The highest BCUT2D eigenvalue weighted by Crippen LogP contribution is 2.07. The molecule has 0 spiro atoms. The number of thioether (sulfide) groups is 1. The number of benzene rings is 1. The average Bonchev–Trinajstić information content (AvgIpc) is 2.40. The van der Waals surface area contributed by atoms with Crippen molar-refractivity contribution in [1.29, 1.82) is 0 Å². The van der Waals surface area contributed by atoms with Gasteiger partial charge >= 0.3 is 0 Å². The summed E-state index contributed by atoms with van der Waals surface area (Å²) in [6, 6.07) is 10.6. The summed E-state index contributed by atoms with van der Waals surface area (Å²) in [5, 5.41) is 0. The Morgan fingerprint density at radius 2 is 1.89 bits per heavy atom. The fourth-order valence-electron chi connectivity index (χ4n) is 1.82. The Hall–Kier alpha value is -0.990. The summed E-state index contributed by atoms with van der Waals surface area (Å²) in [5.41, 5.74) is 1.37. The van der Waals surface area contributed by atoms with E-state index in [9.17, 15) is 0 Å². The maximum absolute atomic E-state index is 3.84. The summed E-state index contributed by atoms with van der Waals surface area (Å²) < 4.78 is 0. The molecule has 0 amide bonds. The molecule has 0 aliphatic carbocycles. The number of nitrogens with zero attached hydrogens (tertiary/aromatic N) is 1. The highest BCUT2D eigenvalue weighted by atomic mass is 32.2. The third-order valence-corrected chi connectivity index (χ3v) is 3.68. The largest absolute Gasteiger partial charge is 0.295 e. The van der Waals surface area contributed by atoms with Crippen LogP contribution >= 0.6 is 11.8 Å². The van der Waals surface area contributed by atoms with Gasteiger partial charge in [0.25, 0.3) is 0 Å². The van der Waals surface area contributed by atoms with Crippen molar-refractivity contribution in [2.45, 2.75) is 13.0 Å². The fraction of sp³-hybridized carbons (Fsp3) is 0.375. The predicted octanol–water partition coefficient (Wildman–Crippen LogP) is 3.98. The monoisotopic (exact) mass is 261 g/mol. The Morgan fingerprint density at radius 3 is 2.56 bits per heavy atom. The molecule has 0 N–H and O–H groups in total. The lowest BCUT2D eigenvalue weighted by molar-refractivity contribution is 0.296. The van der Waals surface area contributed by atoms with Gasteiger partial charge in [0.15, 0.2) is 0 Å². The molecule has 0 atom stereocenters. The summed E-state index contributed by atoms with van der Waals surface area (Å²) in [5.74, 6) is 2.26. The lowest BCUT2D eigenvalue weighted by Crippen LogP contribution is -2.24. The molecule has 0 aliphatic heterocycles. The molecule has 18 heavy (non-hydrogen) atoms. The van der Waals surface area contributed by atoms with Crippen molar-refractivity contribution >= 4 is 11.8 Å². The normalized spacial score (nSPS) is 10.5. The van der Waals surface area contributed by atoms with Crippen LogP contribution in [0.5, 0.6) is 0 Å². The molecule has 0 aliphatic rings. The average molecular weight is 261 g/mol. The summed E-state index contributed by atoms with van der Waals surface area (Å²) in [7, 11) is 0. The van der Waals surface area contributed by atoms with Crippen molar-refractivity contribution < 1.29 is 0 Å². The molecule has 0 saturated heterocycles. The van der Waals surface area contributed by atoms with Gasteiger partial charge < -0.3 is 0 Å². The van der Waals surface area contributed by atoms with Gasteiger partial charge in [-0.15, -0.1) is 13.2 Å². The van der Waals surface area contributed by atoms with Crippen molar-refractivity contribution in [3.05, 3.63) is 61.2 Å². The van der Waals surface area contributed by atoms with E-state index in [1.54, 1.807) is 0 Å². The summed E-state index contributed by atoms with van der Waals surface area (Å²) in [4.78, 5) is 2.44. The third kappa shape index (κ3) is 6.67. The van der Waals surface area contributed by atoms with Crippen LogP contribution in [0.4, 0.5) is 0 Å². The molecule has 2 heteroatoms. The zero-order valence-corrected chi connectivity index (χ0v) is 11.9. The zero-order valence-electron chi connectivity index (χ0n) is 11.1. The molecule has 0 radical (unpaired) electrons. The first-order chi connectivity index (χ1) is 8.86. The zero-order chi connectivity index (χ0) is 13.1. The minimum Gasteiger partial charge on any atom is -0.295 e. The van der Waals surface area contributed by atoms with Gasteiger partial charge in [0.1, 0.15) is 0 Å². The van der Waals surface area contributed by atoms with Crippen LogP contribution in [0.25, 0.3) is 0 Å². The number of rotatable bonds is 10. The van der Waals surface area contributed by atoms with Crippen molar-refractivity contribution in [1.82, 2.24) is 4.90 Å². The molecule has 1 rings (SSSR count). The van der Waals surface area contributed by atoms with E-state index in [1.807, 2.05) is 23.9 Å². The van der Waals surface area contributed by atoms with Gasteiger partial charge in [-0.25, -0.2) is 0 Å². The molecular formula is C16H23NS. The van der Waals surface area contributed by atoms with Gasteiger partial charge in [-0.1, -0.05) is 42.5 Å². The Bertz CT molecular complexity index is 334. The highest BCUT2D eigenvalue weighted by molar-refractivity contribution is 7.99. The van der Waals surface area contributed by atoms with Crippen LogP contribution in [0.1, 0.15) is 12.0 Å². The Labute approximate surface area is 116 Å². The van der Waals surface area contributed by atoms with Gasteiger partial charge in [-0.2, -0.15) is 11.8 Å². The Kier molecular flexibility index (Phi) is 8.36. The molecule has 0 fully saturated rings. The predicted molar refractivity (Wildman–Crippen MR) is 84.1 cm³/mol. The minimum atomic E-state index is 0.959. The first-order valence-electron chi connectivity index (χ1n) is 6.42. The molecule has 0 unspecified atom stereocenters. The Balaban J connectivity index is 2.30. The molecule has 1 nitrogen and oxygen atoms in total. The van der Waals surface area contributed by atoms with E-state index in [4.69, 9.17) is 0 Å². The van der Waals surface area contributed by atoms with Gasteiger partial charge in [0, 0.05) is 18.8 Å². The van der Waals surface area contributed by atoms with Crippen LogP contribution < -0.4 is 0 Å². The fourth-order valence-corrected chi connectivity index (χ4v) is 2.48. The van der Waals surface area contributed by atoms with Crippen LogP contribution in [0, 0.1) is 0 Å². The van der Waals surface area contributed by atoms with Crippen LogP contribution in [-0.2, 0) is 6.54 Å². The van der Waals surface area contributed by atoms with E-state index in [2.05, 4.69) is 48.4 Å². The van der Waals surface area contributed by atoms with E-state index in [0.29, 0.717) is 0 Å². The van der Waals surface area contributed by atoms with Gasteiger partial charge in [0.05, 0.1) is 0 Å². The second-order valence-corrected chi connectivity index (χ2v) is 5.38. The quantitative estimate of drug-likeness (QED) is 0.463. The van der Waals surface area contributed by atoms with E-state index < -0.39 is 0 Å². The van der Waals surface area contributed by atoms with Crippen LogP contribution in [0.3, 0.4) is 0 Å². The summed E-state index contributed by atoms with van der Waals surface area (Å²) in [6.45, 7) is 10.7. The SMILES string of the molecule is C=CCSCCCN(CC=C)Cc1ccccc1. The van der Waals surface area contributed by atoms with Crippen LogP contribution in [0.15, 0.2) is 55.6 Å². The lowest BCUT2D eigenvalue weighted by Gasteiger charge is -2.20. The summed E-state index contributed by atoms with van der Waals surface area (Å²) >= 11 is 1.95. The van der Waals surface area contributed by atoms with E-state index in [-0.39, 0.29) is 0 Å². The van der Waals surface area contributed by atoms with E-state index >= 15 is 0 Å². The van der Waals surface area contributed by atoms with Crippen molar-refractivity contribution in [2.75, 3.05) is 24.6 Å². The van der Waals surface area contributed by atoms with Crippen LogP contribution in [0.2, 0.25) is 0 Å². The lowest BCUT2D eigenvalue weighted by atomic mass is 10.2. The maximum atomic E-state index is 3.84. The number of hydrogen-bond donors (Lipinski definition) is 0. The number of hydrogen-bond acceptors (Lipinski definition) is 2. The molecule has 0 bridgehead atoms. The van der Waals surface area contributed by atoms with Gasteiger partial charge in [-0.3, -0.25) is 4.90 Å². The minimum absolute atomic E-state index is 0.959. The molecule has 0 heterocycles. The van der Waals surface area contributed by atoms with E-state index in [0.717, 1.165) is 25.4 Å². The third-order valence-electron chi connectivity index (χ3n) is 2.64. The second-order valence-electron chi connectivity index (χ2n) is 4.23. The first-order valence-corrected chi connectivity index (χ1v) is 7.58. The second kappa shape index (κ2) is 9.98.